The van der Waals surface area contributed by atoms with E-state index in [-0.39, 0.29) is 11.9 Å². The maximum absolute atomic E-state index is 13.1. The van der Waals surface area contributed by atoms with Crippen LogP contribution >= 0.6 is 0 Å². The van der Waals surface area contributed by atoms with Crippen LogP contribution in [0.4, 0.5) is 0 Å². The van der Waals surface area contributed by atoms with E-state index >= 15 is 0 Å². The van der Waals surface area contributed by atoms with E-state index < -0.39 is 0 Å². The molecule has 0 bridgehead atoms. The Morgan fingerprint density at radius 1 is 1.22 bits per heavy atom. The lowest BCUT2D eigenvalue weighted by molar-refractivity contribution is -0.137. The smallest absolute Gasteiger partial charge is 0.244 e. The molecular formula is C19H23N3O. The molecule has 120 valence electrons. The Bertz CT molecular complexity index is 694. The molecule has 0 spiro atoms. The van der Waals surface area contributed by atoms with Gasteiger partial charge in [-0.15, -0.1) is 0 Å². The fourth-order valence-electron chi connectivity index (χ4n) is 3.14. The van der Waals surface area contributed by atoms with E-state index in [2.05, 4.69) is 42.2 Å². The molecule has 0 N–H and O–H groups in total. The average Bonchev–Trinajstić information content (AvgIpc) is 2.56. The summed E-state index contributed by atoms with van der Waals surface area (Å²) in [5.41, 5.74) is 4.53. The Morgan fingerprint density at radius 2 is 1.96 bits per heavy atom. The summed E-state index contributed by atoms with van der Waals surface area (Å²) in [6.45, 7) is 3.45. The highest BCUT2D eigenvalue weighted by Gasteiger charge is 2.30. The van der Waals surface area contributed by atoms with Crippen molar-refractivity contribution in [3.05, 3.63) is 65.0 Å². The molecule has 3 rings (SSSR count). The molecule has 1 aliphatic heterocycles. The third kappa shape index (κ3) is 3.27. The highest BCUT2D eigenvalue weighted by molar-refractivity contribution is 5.83. The van der Waals surface area contributed by atoms with E-state index in [1.165, 1.54) is 5.56 Å². The number of pyridine rings is 1. The Balaban J connectivity index is 1.84. The second-order valence-corrected chi connectivity index (χ2v) is 6.40. The zero-order valence-electron chi connectivity index (χ0n) is 14.0. The summed E-state index contributed by atoms with van der Waals surface area (Å²) in [6, 6.07) is 12.0. The highest BCUT2D eigenvalue weighted by Crippen LogP contribution is 2.25. The van der Waals surface area contributed by atoms with Gasteiger partial charge in [-0.3, -0.25) is 14.7 Å². The van der Waals surface area contributed by atoms with Gasteiger partial charge < -0.3 is 4.90 Å². The van der Waals surface area contributed by atoms with E-state index in [4.69, 9.17) is 0 Å². The van der Waals surface area contributed by atoms with Crippen molar-refractivity contribution < 1.29 is 4.79 Å². The van der Waals surface area contributed by atoms with Gasteiger partial charge in [0.1, 0.15) is 6.04 Å². The van der Waals surface area contributed by atoms with Gasteiger partial charge in [0.05, 0.1) is 0 Å². The average molecular weight is 309 g/mol. The molecule has 4 nitrogen and oxygen atoms in total. The van der Waals surface area contributed by atoms with Gasteiger partial charge in [0.15, 0.2) is 0 Å². The lowest BCUT2D eigenvalue weighted by Crippen LogP contribution is -2.43. The summed E-state index contributed by atoms with van der Waals surface area (Å²) in [5, 5.41) is 0. The number of fused-ring (bicyclic) bond motifs is 1. The Hall–Kier alpha value is -2.20. The van der Waals surface area contributed by atoms with Gasteiger partial charge >= 0.3 is 0 Å². The van der Waals surface area contributed by atoms with Gasteiger partial charge in [-0.05, 0) is 38.2 Å². The first-order valence-electron chi connectivity index (χ1n) is 8.01. The van der Waals surface area contributed by atoms with Crippen LogP contribution in [-0.4, -0.2) is 41.3 Å². The fourth-order valence-corrected chi connectivity index (χ4v) is 3.14. The maximum Gasteiger partial charge on any atom is 0.244 e. The first kappa shape index (κ1) is 15.7. The number of rotatable bonds is 3. The molecule has 1 amide bonds. The number of carbonyl (C=O) groups is 1. The number of aromatic nitrogens is 1. The van der Waals surface area contributed by atoms with E-state index in [0.717, 1.165) is 29.8 Å². The Morgan fingerprint density at radius 3 is 2.65 bits per heavy atom. The molecule has 2 aromatic rings. The van der Waals surface area contributed by atoms with Crippen molar-refractivity contribution >= 4 is 5.91 Å². The molecule has 0 fully saturated rings. The number of hydrogen-bond donors (Lipinski definition) is 0. The van der Waals surface area contributed by atoms with Gasteiger partial charge in [-0.25, -0.2) is 0 Å². The predicted octanol–water partition coefficient (Wildman–Crippen LogP) is 2.58. The highest BCUT2D eigenvalue weighted by atomic mass is 16.2. The first-order chi connectivity index (χ1) is 11.1. The van der Waals surface area contributed by atoms with Crippen LogP contribution in [0.1, 0.15) is 28.4 Å². The number of nitrogens with zero attached hydrogens (tertiary/aromatic N) is 3. The molecule has 23 heavy (non-hydrogen) atoms. The van der Waals surface area contributed by atoms with Crippen molar-refractivity contribution in [1.82, 2.24) is 14.8 Å². The quantitative estimate of drug-likeness (QED) is 0.874. The van der Waals surface area contributed by atoms with Gasteiger partial charge in [0, 0.05) is 31.4 Å². The SMILES string of the molecule is Cc1ccc(C(C(=O)N2CCc3ncccc3C2)N(C)C)cc1. The first-order valence-corrected chi connectivity index (χ1v) is 8.01. The molecule has 4 heteroatoms. The number of aryl methyl sites for hydroxylation is 1. The predicted molar refractivity (Wildman–Crippen MR) is 91.0 cm³/mol. The van der Waals surface area contributed by atoms with Crippen molar-refractivity contribution in [3.8, 4) is 0 Å². The zero-order chi connectivity index (χ0) is 16.4. The summed E-state index contributed by atoms with van der Waals surface area (Å²) in [5.74, 6) is 0.161. The maximum atomic E-state index is 13.1. The monoisotopic (exact) mass is 309 g/mol. The molecule has 1 aliphatic rings. The molecule has 1 unspecified atom stereocenters. The number of likely N-dealkylation sites (N-methyl/N-ethyl adjacent to an activating group) is 1. The molecule has 1 aromatic carbocycles. The minimum atomic E-state index is -0.242. The van der Waals surface area contributed by atoms with E-state index in [1.807, 2.05) is 36.2 Å². The van der Waals surface area contributed by atoms with Crippen molar-refractivity contribution in [3.63, 3.8) is 0 Å². The lowest BCUT2D eigenvalue weighted by atomic mass is 10.0. The summed E-state index contributed by atoms with van der Waals surface area (Å²) in [4.78, 5) is 21.5. The standard InChI is InChI=1S/C19H23N3O/c1-14-6-8-15(9-7-14)18(21(2)3)19(23)22-12-10-17-16(13-22)5-4-11-20-17/h4-9,11,18H,10,12-13H2,1-3H3. The van der Waals surface area contributed by atoms with Crippen LogP contribution in [0, 0.1) is 6.92 Å². The van der Waals surface area contributed by atoms with Crippen molar-refractivity contribution in [2.24, 2.45) is 0 Å². The molecule has 0 saturated carbocycles. The lowest BCUT2D eigenvalue weighted by Gasteiger charge is -2.34. The summed E-state index contributed by atoms with van der Waals surface area (Å²) < 4.78 is 0. The summed E-state index contributed by atoms with van der Waals surface area (Å²) >= 11 is 0. The molecule has 0 aliphatic carbocycles. The fraction of sp³-hybridized carbons (Fsp3) is 0.368. The topological polar surface area (TPSA) is 36.4 Å². The summed E-state index contributed by atoms with van der Waals surface area (Å²) in [6.07, 6.45) is 2.65. The summed E-state index contributed by atoms with van der Waals surface area (Å²) in [7, 11) is 3.92. The van der Waals surface area contributed by atoms with Crippen LogP contribution in [0.25, 0.3) is 0 Å². The number of amides is 1. The minimum Gasteiger partial charge on any atom is -0.336 e. The largest absolute Gasteiger partial charge is 0.336 e. The van der Waals surface area contributed by atoms with Crippen LogP contribution in [0.2, 0.25) is 0 Å². The molecule has 1 aromatic heterocycles. The van der Waals surface area contributed by atoms with E-state index in [9.17, 15) is 4.79 Å². The van der Waals surface area contributed by atoms with E-state index in [1.54, 1.807) is 0 Å². The third-order valence-electron chi connectivity index (χ3n) is 4.42. The van der Waals surface area contributed by atoms with Gasteiger partial charge in [0.25, 0.3) is 0 Å². The van der Waals surface area contributed by atoms with Crippen LogP contribution < -0.4 is 0 Å². The molecule has 0 saturated heterocycles. The van der Waals surface area contributed by atoms with E-state index in [0.29, 0.717) is 6.54 Å². The number of hydrogen-bond acceptors (Lipinski definition) is 3. The van der Waals surface area contributed by atoms with Gasteiger partial charge in [-0.2, -0.15) is 0 Å². The molecule has 1 atom stereocenters. The zero-order valence-corrected chi connectivity index (χ0v) is 14.0. The third-order valence-corrected chi connectivity index (χ3v) is 4.42. The van der Waals surface area contributed by atoms with Crippen LogP contribution in [0.5, 0.6) is 0 Å². The van der Waals surface area contributed by atoms with Crippen molar-refractivity contribution in [2.75, 3.05) is 20.6 Å². The second-order valence-electron chi connectivity index (χ2n) is 6.40. The van der Waals surface area contributed by atoms with Crippen LogP contribution in [0.3, 0.4) is 0 Å². The van der Waals surface area contributed by atoms with Crippen molar-refractivity contribution in [2.45, 2.75) is 25.9 Å². The van der Waals surface area contributed by atoms with Crippen molar-refractivity contribution in [1.29, 1.82) is 0 Å². The number of benzene rings is 1. The Labute approximate surface area is 137 Å². The van der Waals surface area contributed by atoms with Crippen LogP contribution in [0.15, 0.2) is 42.6 Å². The Kier molecular flexibility index (Phi) is 4.44. The van der Waals surface area contributed by atoms with Gasteiger partial charge in [-0.1, -0.05) is 35.9 Å². The second kappa shape index (κ2) is 6.50. The normalized spacial score (nSPS) is 15.4. The van der Waals surface area contributed by atoms with Gasteiger partial charge in [0.2, 0.25) is 5.91 Å². The number of carbonyl (C=O) groups excluding carboxylic acids is 1. The molecular weight excluding hydrogens is 286 g/mol. The minimum absolute atomic E-state index is 0.161. The van der Waals surface area contributed by atoms with Crippen LogP contribution in [-0.2, 0) is 17.8 Å². The molecule has 2 heterocycles. The molecule has 0 radical (unpaired) electrons.